The number of pyridine rings is 1. The molecule has 3 N–H and O–H groups in total. The molecule has 9 heteroatoms. The van der Waals surface area contributed by atoms with E-state index in [9.17, 15) is 23.4 Å². The largest absolute Gasteiger partial charge is 0.507 e. The molecule has 1 aliphatic rings. The number of hydrogen-bond acceptors (Lipinski definition) is 5. The summed E-state index contributed by atoms with van der Waals surface area (Å²) in [6.07, 6.45) is -3.27. The lowest BCUT2D eigenvalue weighted by molar-refractivity contribution is -0.127. The quantitative estimate of drug-likeness (QED) is 0.593. The fourth-order valence-electron chi connectivity index (χ4n) is 4.14. The fraction of sp³-hybridized carbons (Fsp3) is 0.429. The smallest absolute Gasteiger partial charge is 0.393 e. The Morgan fingerprint density at radius 1 is 1.20 bits per heavy atom. The van der Waals surface area contributed by atoms with Crippen LogP contribution in [0.4, 0.5) is 19.0 Å². The van der Waals surface area contributed by atoms with Gasteiger partial charge in [0.1, 0.15) is 17.4 Å². The first-order valence-electron chi connectivity index (χ1n) is 9.80. The molecule has 0 amide bonds. The number of aromatic nitrogens is 3. The molecule has 1 fully saturated rings. The molecule has 0 bridgehead atoms. The first-order valence-corrected chi connectivity index (χ1v) is 9.80. The number of benzene rings is 1. The lowest BCUT2D eigenvalue weighted by atomic mass is 10.0. The van der Waals surface area contributed by atoms with E-state index in [0.29, 0.717) is 28.4 Å². The molecule has 1 aliphatic carbocycles. The van der Waals surface area contributed by atoms with Crippen LogP contribution in [0.2, 0.25) is 0 Å². The van der Waals surface area contributed by atoms with Crippen LogP contribution >= 0.6 is 0 Å². The zero-order chi connectivity index (χ0) is 21.6. The summed E-state index contributed by atoms with van der Waals surface area (Å²) in [6.45, 7) is 1.65. The second-order valence-electron chi connectivity index (χ2n) is 7.88. The minimum atomic E-state index is -4.35. The first-order chi connectivity index (χ1) is 14.1. The monoisotopic (exact) mass is 420 g/mol. The van der Waals surface area contributed by atoms with E-state index in [1.165, 1.54) is 6.07 Å². The van der Waals surface area contributed by atoms with Crippen molar-refractivity contribution in [2.75, 3.05) is 5.32 Å². The summed E-state index contributed by atoms with van der Waals surface area (Å²) in [5.41, 5.74) is 2.05. The number of aliphatic hydroxyl groups is 1. The molecule has 3 aromatic rings. The maximum Gasteiger partial charge on any atom is 0.393 e. The lowest BCUT2D eigenvalue weighted by Gasteiger charge is -2.16. The molecule has 6 nitrogen and oxygen atoms in total. The highest BCUT2D eigenvalue weighted by atomic mass is 19.4. The summed E-state index contributed by atoms with van der Waals surface area (Å²) in [5, 5.41) is 23.7. The van der Waals surface area contributed by atoms with Crippen molar-refractivity contribution in [2.24, 2.45) is 7.05 Å². The molecular formula is C21H23F3N4O2. The summed E-state index contributed by atoms with van der Waals surface area (Å²) in [6, 6.07) is 6.15. The summed E-state index contributed by atoms with van der Waals surface area (Å²) in [4.78, 5) is 9.05. The van der Waals surface area contributed by atoms with Crippen molar-refractivity contribution in [2.45, 2.75) is 50.9 Å². The summed E-state index contributed by atoms with van der Waals surface area (Å²) in [7, 11) is 1.77. The van der Waals surface area contributed by atoms with Crippen molar-refractivity contribution in [3.8, 4) is 17.1 Å². The highest BCUT2D eigenvalue weighted by Gasteiger charge is 2.29. The number of hydrogen-bond donors (Lipinski definition) is 3. The molecule has 160 valence electrons. The minimum absolute atomic E-state index is 0.000235. The van der Waals surface area contributed by atoms with Gasteiger partial charge in [0.25, 0.3) is 0 Å². The Bertz CT molecular complexity index is 1070. The van der Waals surface area contributed by atoms with Gasteiger partial charge in [0, 0.05) is 7.05 Å². The molecule has 1 aromatic carbocycles. The number of aromatic hydroxyl groups is 1. The Morgan fingerprint density at radius 2 is 1.97 bits per heavy atom. The zero-order valence-electron chi connectivity index (χ0n) is 16.7. The highest BCUT2D eigenvalue weighted by Crippen LogP contribution is 2.36. The first kappa shape index (κ1) is 20.5. The molecule has 30 heavy (non-hydrogen) atoms. The van der Waals surface area contributed by atoms with Crippen LogP contribution in [-0.2, 0) is 13.5 Å². The molecule has 2 atom stereocenters. The molecule has 2 aromatic heterocycles. The van der Waals surface area contributed by atoms with Crippen LogP contribution in [0.25, 0.3) is 22.6 Å². The average Bonchev–Trinajstić information content (AvgIpc) is 3.17. The maximum absolute atomic E-state index is 12.7. The second kappa shape index (κ2) is 7.46. The van der Waals surface area contributed by atoms with Crippen molar-refractivity contribution in [3.63, 3.8) is 0 Å². The van der Waals surface area contributed by atoms with Gasteiger partial charge in [-0.2, -0.15) is 13.2 Å². The molecule has 2 heterocycles. The van der Waals surface area contributed by atoms with Gasteiger partial charge in [-0.15, -0.1) is 0 Å². The third-order valence-electron chi connectivity index (χ3n) is 5.56. The number of anilines is 1. The Morgan fingerprint density at radius 3 is 2.60 bits per heavy atom. The Hall–Kier alpha value is -2.81. The van der Waals surface area contributed by atoms with E-state index in [-0.39, 0.29) is 17.4 Å². The van der Waals surface area contributed by atoms with Gasteiger partial charge in [-0.25, -0.2) is 9.97 Å². The predicted octanol–water partition coefficient (Wildman–Crippen LogP) is 4.08. The number of aliphatic hydroxyl groups excluding tert-OH is 1. The number of alkyl halides is 3. The van der Waals surface area contributed by atoms with E-state index < -0.39 is 18.7 Å². The molecule has 1 saturated carbocycles. The number of rotatable bonds is 4. The summed E-state index contributed by atoms with van der Waals surface area (Å²) >= 11 is 0. The van der Waals surface area contributed by atoms with E-state index in [0.717, 1.165) is 30.8 Å². The average molecular weight is 420 g/mol. The van der Waals surface area contributed by atoms with Crippen molar-refractivity contribution in [3.05, 3.63) is 35.4 Å². The number of nitrogens with one attached hydrogen (secondary N) is 1. The predicted molar refractivity (Wildman–Crippen MR) is 107 cm³/mol. The van der Waals surface area contributed by atoms with Gasteiger partial charge in [0.15, 0.2) is 5.65 Å². The molecule has 0 radical (unpaired) electrons. The van der Waals surface area contributed by atoms with Gasteiger partial charge in [-0.3, -0.25) is 0 Å². The standard InChI is InChI=1S/C21H23F3N4O2/c1-11-8-12(10-21(22,23)24)9-16(30)18(11)20-27-19-14(28(20)2)6-7-17(26-19)25-13-4-3-5-15(13)29/h6-9,13,15,29-30H,3-5,10H2,1-2H3,(H,25,26). The lowest BCUT2D eigenvalue weighted by Crippen LogP contribution is -2.28. The van der Waals surface area contributed by atoms with E-state index in [1.54, 1.807) is 24.6 Å². The normalized spacial score (nSPS) is 19.5. The van der Waals surface area contributed by atoms with Crippen LogP contribution < -0.4 is 5.32 Å². The van der Waals surface area contributed by atoms with Gasteiger partial charge in [-0.1, -0.05) is 6.07 Å². The van der Waals surface area contributed by atoms with Crippen LogP contribution in [0.3, 0.4) is 0 Å². The fourth-order valence-corrected chi connectivity index (χ4v) is 4.14. The van der Waals surface area contributed by atoms with Gasteiger partial charge in [0.05, 0.1) is 29.6 Å². The third kappa shape index (κ3) is 3.94. The Kier molecular flexibility index (Phi) is 5.09. The van der Waals surface area contributed by atoms with Crippen LogP contribution in [0.15, 0.2) is 24.3 Å². The molecule has 2 unspecified atom stereocenters. The van der Waals surface area contributed by atoms with E-state index in [4.69, 9.17) is 0 Å². The van der Waals surface area contributed by atoms with E-state index in [2.05, 4.69) is 15.3 Å². The van der Waals surface area contributed by atoms with Crippen molar-refractivity contribution < 1.29 is 23.4 Å². The molecular weight excluding hydrogens is 397 g/mol. The van der Waals surface area contributed by atoms with Crippen LogP contribution in [-0.4, -0.2) is 43.1 Å². The molecule has 0 spiro atoms. The SMILES string of the molecule is Cc1cc(CC(F)(F)F)cc(O)c1-c1nc2nc(NC3CCCC3O)ccc2n1C. The second-order valence-corrected chi connectivity index (χ2v) is 7.88. The van der Waals surface area contributed by atoms with Gasteiger partial charge < -0.3 is 20.1 Å². The number of phenolic OH excluding ortho intramolecular Hbond substituents is 1. The Labute approximate surface area is 171 Å². The number of phenols is 1. The van der Waals surface area contributed by atoms with Crippen molar-refractivity contribution >= 4 is 17.0 Å². The van der Waals surface area contributed by atoms with Gasteiger partial charge in [0.2, 0.25) is 0 Å². The molecule has 0 saturated heterocycles. The van der Waals surface area contributed by atoms with Crippen LogP contribution in [0.1, 0.15) is 30.4 Å². The summed E-state index contributed by atoms with van der Waals surface area (Å²) < 4.78 is 39.9. The topological polar surface area (TPSA) is 83.2 Å². The van der Waals surface area contributed by atoms with Crippen LogP contribution in [0.5, 0.6) is 5.75 Å². The number of halogens is 3. The van der Waals surface area contributed by atoms with E-state index >= 15 is 0 Å². The Balaban J connectivity index is 1.70. The highest BCUT2D eigenvalue weighted by molar-refractivity contribution is 5.81. The van der Waals surface area contributed by atoms with Crippen molar-refractivity contribution in [1.82, 2.24) is 14.5 Å². The summed E-state index contributed by atoms with van der Waals surface area (Å²) in [5.74, 6) is 0.767. The number of nitrogens with zero attached hydrogens (tertiary/aromatic N) is 3. The number of fused-ring (bicyclic) bond motifs is 1. The molecule has 0 aliphatic heterocycles. The van der Waals surface area contributed by atoms with Gasteiger partial charge in [-0.05, 0) is 55.5 Å². The minimum Gasteiger partial charge on any atom is -0.507 e. The zero-order valence-corrected chi connectivity index (χ0v) is 16.7. The van der Waals surface area contributed by atoms with Crippen molar-refractivity contribution in [1.29, 1.82) is 0 Å². The van der Waals surface area contributed by atoms with Gasteiger partial charge >= 0.3 is 6.18 Å². The van der Waals surface area contributed by atoms with E-state index in [1.807, 2.05) is 6.07 Å². The maximum atomic E-state index is 12.7. The molecule has 4 rings (SSSR count). The number of imidazole rings is 1. The number of aryl methyl sites for hydroxylation is 2. The third-order valence-corrected chi connectivity index (χ3v) is 5.56. The van der Waals surface area contributed by atoms with Crippen LogP contribution in [0, 0.1) is 6.92 Å².